The Hall–Kier alpha value is -6.70. The quantitative estimate of drug-likeness (QED) is 0.0323. The molecule has 0 fully saturated rings. The van der Waals surface area contributed by atoms with E-state index >= 15 is 0 Å². The van der Waals surface area contributed by atoms with Gasteiger partial charge in [-0.3, -0.25) is 19.4 Å². The minimum atomic E-state index is -1.16. The molecule has 0 bridgehead atoms. The second-order valence-electron chi connectivity index (χ2n) is 12.4. The van der Waals surface area contributed by atoms with Crippen molar-refractivity contribution in [2.45, 2.75) is 39.5 Å². The van der Waals surface area contributed by atoms with Gasteiger partial charge in [0.1, 0.15) is 11.5 Å². The van der Waals surface area contributed by atoms with Crippen molar-refractivity contribution in [3.63, 3.8) is 0 Å². The first-order valence-electron chi connectivity index (χ1n) is 18.0. The number of carbonyl (C=O) groups excluding carboxylic acids is 6. The summed E-state index contributed by atoms with van der Waals surface area (Å²) >= 11 is 0. The van der Waals surface area contributed by atoms with Crippen molar-refractivity contribution in [2.75, 3.05) is 40.8 Å². The molecule has 4 aromatic rings. The number of amides is 2. The highest BCUT2D eigenvalue weighted by atomic mass is 17.2. The lowest BCUT2D eigenvalue weighted by molar-refractivity contribution is -0.187. The number of hydrogen-bond donors (Lipinski definition) is 0. The van der Waals surface area contributed by atoms with Gasteiger partial charge in [-0.2, -0.15) is 0 Å². The van der Waals surface area contributed by atoms with Crippen LogP contribution in [0.25, 0.3) is 0 Å². The molecule has 0 radical (unpaired) electrons. The standard InChI is InChI=1S/C42H44N2O12/c1-5-7-25-51-41(49)43(3)27-53-35-23-15-13-21-33(35)37(45)29-17-9-11-19-31(29)39(47)55-56-40(48)32-20-12-10-18-30(32)38(46)34-22-14-16-24-36(34)54-28-44(4)42(50)52-26-8-6-2/h9-24H,5-8,25-28H2,1-4H3. The van der Waals surface area contributed by atoms with Gasteiger partial charge in [0.2, 0.25) is 0 Å². The Morgan fingerprint density at radius 1 is 0.464 bits per heavy atom. The average Bonchev–Trinajstić information content (AvgIpc) is 3.23. The molecule has 14 heteroatoms. The summed E-state index contributed by atoms with van der Waals surface area (Å²) in [6, 6.07) is 24.1. The summed E-state index contributed by atoms with van der Waals surface area (Å²) in [5.41, 5.74) is -0.411. The van der Waals surface area contributed by atoms with Crippen LogP contribution in [0.1, 0.15) is 92.1 Å². The van der Waals surface area contributed by atoms with Gasteiger partial charge in [0.25, 0.3) is 0 Å². The summed E-state index contributed by atoms with van der Waals surface area (Å²) in [4.78, 5) is 90.9. The first kappa shape index (κ1) is 42.0. The maximum absolute atomic E-state index is 13.8. The lowest BCUT2D eigenvalue weighted by Crippen LogP contribution is -2.31. The fourth-order valence-electron chi connectivity index (χ4n) is 5.00. The second-order valence-corrected chi connectivity index (χ2v) is 12.4. The molecule has 0 saturated carbocycles. The van der Waals surface area contributed by atoms with Crippen molar-refractivity contribution in [1.29, 1.82) is 0 Å². The van der Waals surface area contributed by atoms with Crippen molar-refractivity contribution in [1.82, 2.24) is 9.80 Å². The molecule has 0 aliphatic rings. The van der Waals surface area contributed by atoms with E-state index in [0.29, 0.717) is 0 Å². The molecule has 2 amide bonds. The van der Waals surface area contributed by atoms with Crippen LogP contribution in [-0.4, -0.2) is 86.3 Å². The Balaban J connectivity index is 1.45. The van der Waals surface area contributed by atoms with Gasteiger partial charge in [-0.25, -0.2) is 29.0 Å². The van der Waals surface area contributed by atoms with Crippen molar-refractivity contribution in [2.24, 2.45) is 0 Å². The highest BCUT2D eigenvalue weighted by molar-refractivity contribution is 6.17. The van der Waals surface area contributed by atoms with E-state index in [1.807, 2.05) is 13.8 Å². The van der Waals surface area contributed by atoms with E-state index in [1.54, 1.807) is 48.5 Å². The molecule has 4 rings (SSSR count). The average molecular weight is 769 g/mol. The van der Waals surface area contributed by atoms with E-state index in [4.69, 9.17) is 28.7 Å². The van der Waals surface area contributed by atoms with Crippen molar-refractivity contribution in [3.05, 3.63) is 130 Å². The van der Waals surface area contributed by atoms with Crippen LogP contribution in [0.2, 0.25) is 0 Å². The van der Waals surface area contributed by atoms with Crippen LogP contribution in [0.3, 0.4) is 0 Å². The maximum Gasteiger partial charge on any atom is 0.412 e. The second kappa shape index (κ2) is 21.3. The Morgan fingerprint density at radius 3 is 1.14 bits per heavy atom. The predicted molar refractivity (Wildman–Crippen MR) is 202 cm³/mol. The molecule has 0 aliphatic carbocycles. The van der Waals surface area contributed by atoms with Gasteiger partial charge in [0.15, 0.2) is 25.0 Å². The first-order chi connectivity index (χ1) is 27.1. The number of nitrogens with zero attached hydrogens (tertiary/aromatic N) is 2. The van der Waals surface area contributed by atoms with E-state index < -0.39 is 35.7 Å². The zero-order valence-electron chi connectivity index (χ0n) is 31.7. The summed E-state index contributed by atoms with van der Waals surface area (Å²) in [6.07, 6.45) is 1.99. The normalized spacial score (nSPS) is 10.4. The van der Waals surface area contributed by atoms with E-state index in [2.05, 4.69) is 0 Å². The van der Waals surface area contributed by atoms with Crippen LogP contribution in [-0.2, 0) is 19.2 Å². The van der Waals surface area contributed by atoms with Crippen molar-refractivity contribution >= 4 is 35.7 Å². The monoisotopic (exact) mass is 768 g/mol. The molecule has 0 heterocycles. The highest BCUT2D eigenvalue weighted by Crippen LogP contribution is 2.26. The SMILES string of the molecule is CCCCOC(=O)N(C)COc1ccccc1C(=O)c1ccccc1C(=O)OOC(=O)c1ccccc1C(=O)c1ccccc1OCN(C)C(=O)OCCCC. The third-order valence-corrected chi connectivity index (χ3v) is 8.14. The fraction of sp³-hybridized carbons (Fsp3) is 0.286. The minimum Gasteiger partial charge on any atom is -0.472 e. The largest absolute Gasteiger partial charge is 0.472 e. The molecule has 0 aliphatic heterocycles. The van der Waals surface area contributed by atoms with E-state index in [9.17, 15) is 28.8 Å². The Labute approximate surface area is 324 Å². The number of rotatable bonds is 18. The van der Waals surface area contributed by atoms with Gasteiger partial charge in [0, 0.05) is 25.2 Å². The molecule has 0 saturated heterocycles. The zero-order chi connectivity index (χ0) is 40.5. The number of unbranched alkanes of at least 4 members (excludes halogenated alkanes) is 2. The molecular weight excluding hydrogens is 724 g/mol. The van der Waals surface area contributed by atoms with E-state index in [-0.39, 0.29) is 71.6 Å². The summed E-state index contributed by atoms with van der Waals surface area (Å²) in [5, 5.41) is 0. The van der Waals surface area contributed by atoms with E-state index in [1.165, 1.54) is 72.4 Å². The minimum absolute atomic E-state index is 0.0796. The van der Waals surface area contributed by atoms with Crippen molar-refractivity contribution in [3.8, 4) is 11.5 Å². The molecule has 294 valence electrons. The topological polar surface area (TPSA) is 164 Å². The number of para-hydroxylation sites is 2. The van der Waals surface area contributed by atoms with Gasteiger partial charge >= 0.3 is 24.1 Å². The molecule has 0 N–H and O–H groups in total. The molecule has 14 nitrogen and oxygen atoms in total. The van der Waals surface area contributed by atoms with E-state index in [0.717, 1.165) is 25.7 Å². The van der Waals surface area contributed by atoms with Crippen LogP contribution >= 0.6 is 0 Å². The van der Waals surface area contributed by atoms with Crippen LogP contribution < -0.4 is 9.47 Å². The van der Waals surface area contributed by atoms with Crippen LogP contribution in [0.15, 0.2) is 97.1 Å². The fourth-order valence-corrected chi connectivity index (χ4v) is 5.00. The molecule has 56 heavy (non-hydrogen) atoms. The third-order valence-electron chi connectivity index (χ3n) is 8.14. The Kier molecular flexibility index (Phi) is 16.0. The van der Waals surface area contributed by atoms with Gasteiger partial charge in [-0.1, -0.05) is 87.4 Å². The van der Waals surface area contributed by atoms with Crippen LogP contribution in [0.4, 0.5) is 9.59 Å². The summed E-state index contributed by atoms with van der Waals surface area (Å²) < 4.78 is 21.9. The predicted octanol–water partition coefficient (Wildman–Crippen LogP) is 7.49. The maximum atomic E-state index is 13.8. The van der Waals surface area contributed by atoms with Gasteiger partial charge in [-0.15, -0.1) is 0 Å². The third kappa shape index (κ3) is 11.4. The molecule has 0 unspecified atom stereocenters. The lowest BCUT2D eigenvalue weighted by atomic mass is 9.97. The summed E-state index contributed by atoms with van der Waals surface area (Å²) in [6.45, 7) is 4.05. The van der Waals surface area contributed by atoms with Gasteiger partial charge in [-0.05, 0) is 49.2 Å². The van der Waals surface area contributed by atoms with Crippen molar-refractivity contribution < 1.29 is 57.5 Å². The Bertz CT molecular complexity index is 1870. The first-order valence-corrected chi connectivity index (χ1v) is 18.0. The smallest absolute Gasteiger partial charge is 0.412 e. The molecule has 0 atom stereocenters. The van der Waals surface area contributed by atoms with Crippen LogP contribution in [0.5, 0.6) is 11.5 Å². The highest BCUT2D eigenvalue weighted by Gasteiger charge is 2.26. The number of hydrogen-bond acceptors (Lipinski definition) is 12. The zero-order valence-corrected chi connectivity index (χ0v) is 31.7. The van der Waals surface area contributed by atoms with Gasteiger partial charge < -0.3 is 18.9 Å². The number of benzene rings is 4. The number of ketones is 2. The Morgan fingerprint density at radius 2 is 0.786 bits per heavy atom. The van der Waals surface area contributed by atoms with Crippen LogP contribution in [0, 0.1) is 0 Å². The molecule has 0 aromatic heterocycles. The summed E-state index contributed by atoms with van der Waals surface area (Å²) in [5.74, 6) is -3.24. The molecular formula is C42H44N2O12. The number of carbonyl (C=O) groups is 6. The lowest BCUT2D eigenvalue weighted by Gasteiger charge is -2.19. The molecule has 4 aromatic carbocycles. The molecule has 0 spiro atoms. The summed E-state index contributed by atoms with van der Waals surface area (Å²) in [7, 11) is 2.98. The van der Waals surface area contributed by atoms with Gasteiger partial charge in [0.05, 0.1) is 35.5 Å². The number of ether oxygens (including phenoxy) is 4.